The van der Waals surface area contributed by atoms with E-state index in [1.54, 1.807) is 5.51 Å². The van der Waals surface area contributed by atoms with Crippen molar-refractivity contribution >= 4 is 32.6 Å². The molecule has 0 saturated heterocycles. The molecule has 13 heavy (non-hydrogen) atoms. The number of rotatable bonds is 2. The lowest BCUT2D eigenvalue weighted by molar-refractivity contribution is 0.563. The van der Waals surface area contributed by atoms with Crippen LogP contribution in [0.1, 0.15) is 5.56 Å². The molecule has 1 N–H and O–H groups in total. The minimum Gasteiger partial charge on any atom is -0.306 e. The summed E-state index contributed by atoms with van der Waals surface area (Å²) in [5, 5.41) is 0. The Bertz CT molecular complexity index is 452. The second kappa shape index (κ2) is 3.53. The molecule has 0 radical (unpaired) electrons. The summed E-state index contributed by atoms with van der Waals surface area (Å²) in [5.41, 5.74) is 3.58. The smallest absolute Gasteiger partial charge is 0.157 e. The van der Waals surface area contributed by atoms with Crippen LogP contribution in [0, 0.1) is 0 Å². The van der Waals surface area contributed by atoms with Gasteiger partial charge in [-0.3, -0.25) is 0 Å². The molecular weight excluding hydrogens is 206 g/mol. The molecule has 0 spiro atoms. The molecule has 0 aliphatic heterocycles. The summed E-state index contributed by atoms with van der Waals surface area (Å²) in [5.74, 6) is 0.188. The summed E-state index contributed by atoms with van der Waals surface area (Å²) in [6, 6.07) is 5.60. The van der Waals surface area contributed by atoms with Gasteiger partial charge in [0, 0.05) is 0 Å². The Morgan fingerprint density at radius 1 is 1.54 bits per heavy atom. The van der Waals surface area contributed by atoms with Crippen molar-refractivity contribution in [3.8, 4) is 0 Å². The number of hydrogen-bond donors (Lipinski definition) is 1. The molecule has 1 atom stereocenters. The Morgan fingerprint density at radius 3 is 3.15 bits per heavy atom. The summed E-state index contributed by atoms with van der Waals surface area (Å²) >= 11 is -0.226. The molecule has 0 saturated carbocycles. The monoisotopic (exact) mass is 213 g/mol. The molecule has 2 rings (SSSR count). The fourth-order valence-electron chi connectivity index (χ4n) is 1.13. The second-order valence-corrected chi connectivity index (χ2v) is 4.44. The van der Waals surface area contributed by atoms with Crippen LogP contribution >= 0.6 is 11.3 Å². The highest BCUT2D eigenvalue weighted by atomic mass is 32.2. The lowest BCUT2D eigenvalue weighted by Gasteiger charge is -1.95. The topological polar surface area (TPSA) is 50.2 Å². The quantitative estimate of drug-likeness (QED) is 0.776. The third-order valence-corrected chi connectivity index (χ3v) is 3.06. The van der Waals surface area contributed by atoms with E-state index in [1.807, 2.05) is 18.2 Å². The summed E-state index contributed by atoms with van der Waals surface area (Å²) in [4.78, 5) is 4.12. The van der Waals surface area contributed by atoms with Gasteiger partial charge in [0.1, 0.15) is 0 Å². The van der Waals surface area contributed by atoms with Crippen molar-refractivity contribution in [2.75, 3.05) is 0 Å². The van der Waals surface area contributed by atoms with Gasteiger partial charge in [0.2, 0.25) is 0 Å². The van der Waals surface area contributed by atoms with Crippen LogP contribution in [0.3, 0.4) is 0 Å². The van der Waals surface area contributed by atoms with Crippen molar-refractivity contribution in [3.05, 3.63) is 29.3 Å². The Labute approximate surface area is 81.7 Å². The van der Waals surface area contributed by atoms with Crippen molar-refractivity contribution in [1.82, 2.24) is 4.98 Å². The van der Waals surface area contributed by atoms with Crippen LogP contribution in [0.2, 0.25) is 0 Å². The summed E-state index contributed by atoms with van der Waals surface area (Å²) in [6.45, 7) is 0. The zero-order valence-electron chi connectivity index (χ0n) is 6.64. The fourth-order valence-corrected chi connectivity index (χ4v) is 2.34. The van der Waals surface area contributed by atoms with Crippen LogP contribution in [-0.2, 0) is 16.8 Å². The van der Waals surface area contributed by atoms with Gasteiger partial charge in [0.25, 0.3) is 0 Å². The second-order valence-electron chi connectivity index (χ2n) is 2.62. The van der Waals surface area contributed by atoms with Crippen LogP contribution in [0.25, 0.3) is 10.2 Å². The molecule has 1 heterocycles. The first kappa shape index (κ1) is 8.80. The Balaban J connectivity index is 2.42. The molecule has 0 aliphatic rings. The van der Waals surface area contributed by atoms with E-state index in [0.29, 0.717) is 0 Å². The molecular formula is C8H7NO2S2. The highest BCUT2D eigenvalue weighted by Crippen LogP contribution is 2.19. The first-order valence-corrected chi connectivity index (χ1v) is 5.81. The number of hydrogen-bond acceptors (Lipinski definition) is 3. The van der Waals surface area contributed by atoms with Gasteiger partial charge in [-0.05, 0) is 17.7 Å². The van der Waals surface area contributed by atoms with E-state index >= 15 is 0 Å². The number of benzene rings is 1. The van der Waals surface area contributed by atoms with E-state index in [2.05, 4.69) is 4.98 Å². The van der Waals surface area contributed by atoms with Gasteiger partial charge in [-0.2, -0.15) is 0 Å². The van der Waals surface area contributed by atoms with Gasteiger partial charge in [-0.1, -0.05) is 6.07 Å². The zero-order valence-corrected chi connectivity index (χ0v) is 8.27. The van der Waals surface area contributed by atoms with Gasteiger partial charge in [0.05, 0.1) is 21.5 Å². The maximum Gasteiger partial charge on any atom is 0.157 e. The number of fused-ring (bicyclic) bond motifs is 1. The van der Waals surface area contributed by atoms with Crippen molar-refractivity contribution in [1.29, 1.82) is 0 Å². The van der Waals surface area contributed by atoms with Crippen molar-refractivity contribution in [2.45, 2.75) is 5.75 Å². The summed E-state index contributed by atoms with van der Waals surface area (Å²) in [6.07, 6.45) is 0. The van der Waals surface area contributed by atoms with Gasteiger partial charge in [0.15, 0.2) is 11.1 Å². The summed E-state index contributed by atoms with van der Waals surface area (Å²) in [7, 11) is 0. The standard InChI is InChI=1S/C8H7NO2S2/c10-13(11)4-6-1-2-7-8(3-6)12-5-9-7/h1-3,5H,4H2,(H,10,11). The minimum absolute atomic E-state index is 0.188. The minimum atomic E-state index is -1.76. The van der Waals surface area contributed by atoms with Crippen LogP contribution < -0.4 is 0 Å². The van der Waals surface area contributed by atoms with E-state index < -0.39 is 11.1 Å². The molecule has 68 valence electrons. The molecule has 0 aliphatic carbocycles. The van der Waals surface area contributed by atoms with Crippen LogP contribution in [0.15, 0.2) is 23.7 Å². The lowest BCUT2D eigenvalue weighted by Crippen LogP contribution is -1.91. The first-order chi connectivity index (χ1) is 6.25. The van der Waals surface area contributed by atoms with E-state index in [9.17, 15) is 4.21 Å². The third-order valence-electron chi connectivity index (χ3n) is 1.69. The molecule has 1 unspecified atom stereocenters. The van der Waals surface area contributed by atoms with Gasteiger partial charge in [-0.25, -0.2) is 9.19 Å². The van der Waals surface area contributed by atoms with Gasteiger partial charge >= 0.3 is 0 Å². The zero-order chi connectivity index (χ0) is 9.26. The van der Waals surface area contributed by atoms with Crippen molar-refractivity contribution in [2.24, 2.45) is 0 Å². The maximum absolute atomic E-state index is 10.5. The molecule has 1 aromatic heterocycles. The summed E-state index contributed by atoms with van der Waals surface area (Å²) < 4.78 is 20.3. The molecule has 0 bridgehead atoms. The van der Waals surface area contributed by atoms with Gasteiger partial charge in [-0.15, -0.1) is 11.3 Å². The van der Waals surface area contributed by atoms with E-state index in [4.69, 9.17) is 4.55 Å². The molecule has 0 amide bonds. The Morgan fingerprint density at radius 2 is 2.38 bits per heavy atom. The number of thiazole rings is 1. The molecule has 1 aromatic carbocycles. The molecule has 5 heteroatoms. The van der Waals surface area contributed by atoms with E-state index in [0.717, 1.165) is 15.8 Å². The van der Waals surface area contributed by atoms with Crippen LogP contribution in [-0.4, -0.2) is 13.7 Å². The van der Waals surface area contributed by atoms with E-state index in [-0.39, 0.29) is 5.75 Å². The van der Waals surface area contributed by atoms with Crippen molar-refractivity contribution < 1.29 is 8.76 Å². The lowest BCUT2D eigenvalue weighted by atomic mass is 10.2. The predicted molar refractivity (Wildman–Crippen MR) is 54.1 cm³/mol. The van der Waals surface area contributed by atoms with Crippen LogP contribution in [0.5, 0.6) is 0 Å². The Hall–Kier alpha value is -0.780. The maximum atomic E-state index is 10.5. The first-order valence-electron chi connectivity index (χ1n) is 3.65. The fraction of sp³-hybridized carbons (Fsp3) is 0.125. The molecule has 0 fully saturated rings. The number of nitrogens with zero attached hydrogens (tertiary/aromatic N) is 1. The third kappa shape index (κ3) is 1.93. The highest BCUT2D eigenvalue weighted by molar-refractivity contribution is 7.78. The van der Waals surface area contributed by atoms with Crippen LogP contribution in [0.4, 0.5) is 0 Å². The van der Waals surface area contributed by atoms with E-state index in [1.165, 1.54) is 11.3 Å². The number of aromatic nitrogens is 1. The Kier molecular flexibility index (Phi) is 2.39. The molecule has 2 aromatic rings. The highest BCUT2D eigenvalue weighted by Gasteiger charge is 2.01. The van der Waals surface area contributed by atoms with Gasteiger partial charge < -0.3 is 4.55 Å². The average Bonchev–Trinajstić information content (AvgIpc) is 2.49. The average molecular weight is 213 g/mol. The predicted octanol–water partition coefficient (Wildman–Crippen LogP) is 2.02. The largest absolute Gasteiger partial charge is 0.306 e. The SMILES string of the molecule is O=S(O)Cc1ccc2ncsc2c1. The normalized spacial score (nSPS) is 13.3. The molecule has 3 nitrogen and oxygen atoms in total. The van der Waals surface area contributed by atoms with Crippen molar-refractivity contribution in [3.63, 3.8) is 0 Å².